The van der Waals surface area contributed by atoms with Crippen molar-refractivity contribution in [2.24, 2.45) is 0 Å². The van der Waals surface area contributed by atoms with Crippen molar-refractivity contribution in [1.29, 1.82) is 0 Å². The number of thiophene rings is 1. The maximum atomic E-state index is 12.5. The molecule has 2 aromatic heterocycles. The second-order valence-corrected chi connectivity index (χ2v) is 6.82. The lowest BCUT2D eigenvalue weighted by atomic mass is 9.95. The number of carbonyl (C=O) groups is 1. The van der Waals surface area contributed by atoms with Gasteiger partial charge < -0.3 is 11.1 Å². The van der Waals surface area contributed by atoms with E-state index in [2.05, 4.69) is 11.4 Å². The zero-order chi connectivity index (χ0) is 15.8. The van der Waals surface area contributed by atoms with Crippen molar-refractivity contribution in [2.45, 2.75) is 25.7 Å². The first-order chi connectivity index (χ1) is 11.2. The van der Waals surface area contributed by atoms with Gasteiger partial charge in [0.2, 0.25) is 0 Å². The molecule has 1 amide bonds. The number of fused-ring (bicyclic) bond motifs is 2. The van der Waals surface area contributed by atoms with Gasteiger partial charge in [-0.15, -0.1) is 11.3 Å². The molecule has 0 unspecified atom stereocenters. The van der Waals surface area contributed by atoms with Crippen LogP contribution in [0.15, 0.2) is 36.4 Å². The third kappa shape index (κ3) is 2.57. The number of benzene rings is 1. The minimum atomic E-state index is -0.172. The van der Waals surface area contributed by atoms with Crippen molar-refractivity contribution in [2.75, 3.05) is 11.1 Å². The molecule has 0 fully saturated rings. The second kappa shape index (κ2) is 5.66. The number of aryl methyl sites for hydroxylation is 2. The number of hydrogen-bond acceptors (Lipinski definition) is 4. The molecule has 0 saturated heterocycles. The molecule has 3 aromatic rings. The molecule has 4 nitrogen and oxygen atoms in total. The van der Waals surface area contributed by atoms with Crippen LogP contribution in [0.4, 0.5) is 11.4 Å². The molecule has 0 atom stereocenters. The molecule has 1 aliphatic rings. The summed E-state index contributed by atoms with van der Waals surface area (Å²) in [6, 6.07) is 11.5. The van der Waals surface area contributed by atoms with E-state index in [9.17, 15) is 4.79 Å². The Hall–Kier alpha value is -2.40. The van der Waals surface area contributed by atoms with Crippen LogP contribution in [0.2, 0.25) is 0 Å². The average molecular weight is 323 g/mol. The Morgan fingerprint density at radius 2 is 1.96 bits per heavy atom. The van der Waals surface area contributed by atoms with Crippen molar-refractivity contribution in [3.63, 3.8) is 0 Å². The van der Waals surface area contributed by atoms with Gasteiger partial charge in [-0.3, -0.25) is 4.79 Å². The van der Waals surface area contributed by atoms with E-state index in [1.807, 2.05) is 30.3 Å². The molecule has 4 rings (SSSR count). The Bertz CT molecular complexity index is 886. The molecule has 3 N–H and O–H groups in total. The van der Waals surface area contributed by atoms with Crippen molar-refractivity contribution < 1.29 is 4.79 Å². The number of nitrogen functional groups attached to an aromatic ring is 1. The maximum absolute atomic E-state index is 12.5. The summed E-state index contributed by atoms with van der Waals surface area (Å²) >= 11 is 1.38. The summed E-state index contributed by atoms with van der Waals surface area (Å²) in [7, 11) is 0. The largest absolute Gasteiger partial charge is 0.397 e. The van der Waals surface area contributed by atoms with Gasteiger partial charge in [-0.2, -0.15) is 0 Å². The molecule has 1 aromatic carbocycles. The molecule has 116 valence electrons. The number of carbonyl (C=O) groups excluding carboxylic acids is 1. The van der Waals surface area contributed by atoms with Crippen LogP contribution in [-0.4, -0.2) is 10.9 Å². The molecular weight excluding hydrogens is 306 g/mol. The van der Waals surface area contributed by atoms with Crippen LogP contribution in [0.25, 0.3) is 10.2 Å². The van der Waals surface area contributed by atoms with E-state index in [1.165, 1.54) is 35.4 Å². The molecule has 0 radical (unpaired) electrons. The second-order valence-electron chi connectivity index (χ2n) is 5.82. The van der Waals surface area contributed by atoms with E-state index >= 15 is 0 Å². The van der Waals surface area contributed by atoms with E-state index in [1.54, 1.807) is 0 Å². The minimum absolute atomic E-state index is 0.172. The number of amides is 1. The summed E-state index contributed by atoms with van der Waals surface area (Å²) in [6.45, 7) is 0. The molecule has 0 bridgehead atoms. The fourth-order valence-electron chi connectivity index (χ4n) is 3.04. The van der Waals surface area contributed by atoms with Crippen molar-refractivity contribution in [1.82, 2.24) is 4.98 Å². The van der Waals surface area contributed by atoms with E-state index in [4.69, 9.17) is 10.7 Å². The summed E-state index contributed by atoms with van der Waals surface area (Å²) in [5.74, 6) is -0.172. The van der Waals surface area contributed by atoms with Crippen molar-refractivity contribution in [3.8, 4) is 0 Å². The molecular formula is C18H17N3OS. The molecule has 5 heteroatoms. The van der Waals surface area contributed by atoms with Crippen LogP contribution in [0.3, 0.4) is 0 Å². The van der Waals surface area contributed by atoms with Crippen LogP contribution in [0.5, 0.6) is 0 Å². The number of pyridine rings is 1. The Kier molecular flexibility index (Phi) is 3.50. The lowest BCUT2D eigenvalue weighted by molar-refractivity contribution is 0.103. The molecule has 23 heavy (non-hydrogen) atoms. The zero-order valence-electron chi connectivity index (χ0n) is 12.6. The fourth-order valence-corrected chi connectivity index (χ4v) is 4.03. The maximum Gasteiger partial charge on any atom is 0.267 e. The Labute approximate surface area is 138 Å². The van der Waals surface area contributed by atoms with Crippen molar-refractivity contribution in [3.05, 3.63) is 52.5 Å². The highest BCUT2D eigenvalue weighted by Gasteiger charge is 2.20. The predicted molar refractivity (Wildman–Crippen MR) is 95.1 cm³/mol. The van der Waals surface area contributed by atoms with Crippen LogP contribution >= 0.6 is 11.3 Å². The number of nitrogens with two attached hydrogens (primary N) is 1. The normalized spacial score (nSPS) is 13.7. The molecule has 0 spiro atoms. The van der Waals surface area contributed by atoms with Gasteiger partial charge in [-0.25, -0.2) is 4.98 Å². The molecule has 0 saturated carbocycles. The van der Waals surface area contributed by atoms with Gasteiger partial charge in [-0.05, 0) is 49.4 Å². The number of nitrogens with zero attached hydrogens (tertiary/aromatic N) is 1. The molecule has 2 heterocycles. The third-order valence-electron chi connectivity index (χ3n) is 4.24. The minimum Gasteiger partial charge on any atom is -0.397 e. The number of aromatic nitrogens is 1. The van der Waals surface area contributed by atoms with Gasteiger partial charge in [-0.1, -0.05) is 18.2 Å². The number of nitrogens with one attached hydrogen (secondary N) is 1. The quantitative estimate of drug-likeness (QED) is 0.749. The van der Waals surface area contributed by atoms with Gasteiger partial charge in [0.25, 0.3) is 5.91 Å². The highest BCUT2D eigenvalue weighted by Crippen LogP contribution is 2.35. The van der Waals surface area contributed by atoms with Crippen molar-refractivity contribution >= 4 is 38.8 Å². The summed E-state index contributed by atoms with van der Waals surface area (Å²) in [4.78, 5) is 18.7. The topological polar surface area (TPSA) is 68.0 Å². The standard InChI is InChI=1S/C18H17N3OS/c19-15-13-10-11-6-4-5-9-14(11)21-18(13)23-16(15)17(22)20-12-7-2-1-3-8-12/h1-3,7-8,10H,4-6,9,19H2,(H,20,22). The van der Waals surface area contributed by atoms with Crippen LogP contribution in [0, 0.1) is 0 Å². The van der Waals surface area contributed by atoms with Crippen LogP contribution in [0.1, 0.15) is 33.8 Å². The van der Waals surface area contributed by atoms with Crippen LogP contribution < -0.4 is 11.1 Å². The lowest BCUT2D eigenvalue weighted by Gasteiger charge is -2.14. The summed E-state index contributed by atoms with van der Waals surface area (Å²) in [5, 5.41) is 3.80. The lowest BCUT2D eigenvalue weighted by Crippen LogP contribution is -2.11. The van der Waals surface area contributed by atoms with E-state index in [-0.39, 0.29) is 5.91 Å². The van der Waals surface area contributed by atoms with Gasteiger partial charge in [0.1, 0.15) is 9.71 Å². The fraction of sp³-hybridized carbons (Fsp3) is 0.222. The first-order valence-electron chi connectivity index (χ1n) is 7.79. The highest BCUT2D eigenvalue weighted by molar-refractivity contribution is 7.21. The van der Waals surface area contributed by atoms with Crippen LogP contribution in [-0.2, 0) is 12.8 Å². The first kappa shape index (κ1) is 14.2. The number of para-hydroxylation sites is 1. The summed E-state index contributed by atoms with van der Waals surface area (Å²) in [5.41, 5.74) is 9.99. The van der Waals surface area contributed by atoms with Gasteiger partial charge in [0, 0.05) is 16.8 Å². The highest BCUT2D eigenvalue weighted by atomic mass is 32.1. The summed E-state index contributed by atoms with van der Waals surface area (Å²) < 4.78 is 0. The van der Waals surface area contributed by atoms with E-state index in [0.29, 0.717) is 10.6 Å². The monoisotopic (exact) mass is 323 g/mol. The van der Waals surface area contributed by atoms with Gasteiger partial charge in [0.15, 0.2) is 0 Å². The van der Waals surface area contributed by atoms with Gasteiger partial charge >= 0.3 is 0 Å². The predicted octanol–water partition coefficient (Wildman–Crippen LogP) is 4.01. The van der Waals surface area contributed by atoms with Gasteiger partial charge in [0.05, 0.1) is 5.69 Å². The Morgan fingerprint density at radius 1 is 1.17 bits per heavy atom. The SMILES string of the molecule is Nc1c(C(=O)Nc2ccccc2)sc2nc3c(cc12)CCCC3. The first-order valence-corrected chi connectivity index (χ1v) is 8.61. The average Bonchev–Trinajstić information content (AvgIpc) is 2.90. The molecule has 0 aliphatic heterocycles. The number of hydrogen-bond donors (Lipinski definition) is 2. The number of rotatable bonds is 2. The zero-order valence-corrected chi connectivity index (χ0v) is 13.5. The Morgan fingerprint density at radius 3 is 2.78 bits per heavy atom. The van der Waals surface area contributed by atoms with E-state index < -0.39 is 0 Å². The smallest absolute Gasteiger partial charge is 0.267 e. The summed E-state index contributed by atoms with van der Waals surface area (Å²) in [6.07, 6.45) is 4.47. The third-order valence-corrected chi connectivity index (χ3v) is 5.35. The van der Waals surface area contributed by atoms with E-state index in [0.717, 1.165) is 28.7 Å². The molecule has 1 aliphatic carbocycles. The number of anilines is 2. The Balaban J connectivity index is 1.72.